The monoisotopic (exact) mass is 227 g/mol. The molecule has 1 unspecified atom stereocenters. The number of nitrogens with zero attached hydrogens (tertiary/aromatic N) is 2. The van der Waals surface area contributed by atoms with Crippen molar-refractivity contribution in [1.29, 1.82) is 0 Å². The van der Waals surface area contributed by atoms with Gasteiger partial charge < -0.3 is 15.5 Å². The Bertz CT molecular complexity index is 360. The number of carboxylic acids is 1. The Morgan fingerprint density at radius 1 is 1.69 bits per heavy atom. The van der Waals surface area contributed by atoms with Crippen molar-refractivity contribution in [2.75, 3.05) is 6.54 Å². The number of aromatic carboxylic acids is 1. The fraction of sp³-hybridized carbons (Fsp3) is 0.600. The van der Waals surface area contributed by atoms with E-state index in [4.69, 9.17) is 10.2 Å². The minimum Gasteiger partial charge on any atom is -0.478 e. The van der Waals surface area contributed by atoms with Crippen LogP contribution in [0.4, 0.5) is 0 Å². The molecule has 1 rings (SSSR count). The lowest BCUT2D eigenvalue weighted by Crippen LogP contribution is -2.21. The number of hydrogen-bond acceptors (Lipinski definition) is 4. The summed E-state index contributed by atoms with van der Waals surface area (Å²) in [6.07, 6.45) is 1.63. The smallest absolute Gasteiger partial charge is 0.339 e. The van der Waals surface area contributed by atoms with Gasteiger partial charge in [-0.2, -0.15) is 5.10 Å². The Labute approximate surface area is 93.9 Å². The van der Waals surface area contributed by atoms with Gasteiger partial charge in [-0.3, -0.25) is 4.68 Å². The fourth-order valence-electron chi connectivity index (χ4n) is 1.37. The van der Waals surface area contributed by atoms with E-state index in [2.05, 4.69) is 10.4 Å². The Kier molecular flexibility index (Phi) is 4.45. The summed E-state index contributed by atoms with van der Waals surface area (Å²) in [7, 11) is 1.71. The van der Waals surface area contributed by atoms with Gasteiger partial charge >= 0.3 is 5.97 Å². The molecule has 0 aliphatic carbocycles. The molecule has 0 bridgehead atoms. The highest BCUT2D eigenvalue weighted by Gasteiger charge is 2.14. The molecule has 1 aromatic heterocycles. The lowest BCUT2D eigenvalue weighted by molar-refractivity contribution is 0.0695. The maximum absolute atomic E-state index is 10.9. The van der Waals surface area contributed by atoms with Gasteiger partial charge in [0.05, 0.1) is 18.0 Å². The Hall–Kier alpha value is -1.40. The minimum absolute atomic E-state index is 0.215. The van der Waals surface area contributed by atoms with Gasteiger partial charge in [0.15, 0.2) is 0 Å². The van der Waals surface area contributed by atoms with Crippen molar-refractivity contribution in [2.24, 2.45) is 7.05 Å². The first-order valence-corrected chi connectivity index (χ1v) is 5.15. The van der Waals surface area contributed by atoms with E-state index in [-0.39, 0.29) is 11.7 Å². The third-order valence-electron chi connectivity index (χ3n) is 2.32. The molecule has 0 radical (unpaired) electrons. The van der Waals surface area contributed by atoms with Crippen LogP contribution in [0, 0.1) is 0 Å². The molecular weight excluding hydrogens is 210 g/mol. The number of hydrogen-bond donors (Lipinski definition) is 3. The van der Waals surface area contributed by atoms with Crippen LogP contribution >= 0.6 is 0 Å². The molecule has 1 atom stereocenters. The Balaban J connectivity index is 2.52. The van der Waals surface area contributed by atoms with Gasteiger partial charge in [-0.1, -0.05) is 0 Å². The quantitative estimate of drug-likeness (QED) is 0.594. The van der Waals surface area contributed by atoms with Crippen molar-refractivity contribution in [1.82, 2.24) is 15.1 Å². The fourth-order valence-corrected chi connectivity index (χ4v) is 1.37. The lowest BCUT2D eigenvalue weighted by atomic mass is 10.2. The van der Waals surface area contributed by atoms with Gasteiger partial charge in [-0.25, -0.2) is 4.79 Å². The molecule has 0 saturated carbocycles. The van der Waals surface area contributed by atoms with E-state index in [1.54, 1.807) is 18.7 Å². The maximum atomic E-state index is 10.9. The van der Waals surface area contributed by atoms with Crippen molar-refractivity contribution < 1.29 is 15.0 Å². The van der Waals surface area contributed by atoms with E-state index in [1.807, 2.05) is 0 Å². The molecule has 1 aromatic rings. The Morgan fingerprint density at radius 3 is 2.94 bits per heavy atom. The zero-order chi connectivity index (χ0) is 12.1. The summed E-state index contributed by atoms with van der Waals surface area (Å²) in [5, 5.41) is 24.9. The molecule has 16 heavy (non-hydrogen) atoms. The van der Waals surface area contributed by atoms with Crippen LogP contribution in [0.1, 0.15) is 29.4 Å². The summed E-state index contributed by atoms with van der Waals surface area (Å²) in [5.41, 5.74) is 0.852. The lowest BCUT2D eigenvalue weighted by Gasteiger charge is -2.07. The van der Waals surface area contributed by atoms with E-state index in [0.717, 1.165) is 0 Å². The van der Waals surface area contributed by atoms with E-state index in [0.29, 0.717) is 25.2 Å². The van der Waals surface area contributed by atoms with Crippen molar-refractivity contribution in [3.05, 3.63) is 17.5 Å². The molecule has 0 aliphatic heterocycles. The summed E-state index contributed by atoms with van der Waals surface area (Å²) in [6.45, 7) is 2.79. The molecule has 0 spiro atoms. The van der Waals surface area contributed by atoms with E-state index in [1.165, 1.54) is 6.20 Å². The molecule has 0 aromatic carbocycles. The number of nitrogens with one attached hydrogen (secondary N) is 1. The second-order valence-electron chi connectivity index (χ2n) is 3.75. The second kappa shape index (κ2) is 5.62. The number of aliphatic hydroxyl groups excluding tert-OH is 1. The maximum Gasteiger partial charge on any atom is 0.339 e. The number of aryl methyl sites for hydroxylation is 1. The zero-order valence-electron chi connectivity index (χ0n) is 9.47. The Morgan fingerprint density at radius 2 is 2.38 bits per heavy atom. The van der Waals surface area contributed by atoms with Gasteiger partial charge in [0.2, 0.25) is 0 Å². The highest BCUT2D eigenvalue weighted by atomic mass is 16.4. The van der Waals surface area contributed by atoms with Crippen molar-refractivity contribution in [3.8, 4) is 0 Å². The van der Waals surface area contributed by atoms with Crippen LogP contribution in [-0.2, 0) is 13.6 Å². The van der Waals surface area contributed by atoms with Gasteiger partial charge in [0.25, 0.3) is 0 Å². The number of carboxylic acid groups (broad SMARTS) is 1. The average molecular weight is 227 g/mol. The van der Waals surface area contributed by atoms with E-state index < -0.39 is 5.97 Å². The van der Waals surface area contributed by atoms with E-state index in [9.17, 15) is 4.79 Å². The number of carbonyl (C=O) groups is 1. The van der Waals surface area contributed by atoms with Gasteiger partial charge in [-0.15, -0.1) is 0 Å². The van der Waals surface area contributed by atoms with Crippen molar-refractivity contribution in [3.63, 3.8) is 0 Å². The molecular formula is C10H17N3O3. The standard InChI is InChI=1S/C10H17N3O3/c1-7(14)3-4-11-6-9-8(10(15)16)5-12-13(9)2/h5,7,11,14H,3-4,6H2,1-2H3,(H,15,16). The van der Waals surface area contributed by atoms with Crippen LogP contribution in [0.5, 0.6) is 0 Å². The summed E-state index contributed by atoms with van der Waals surface area (Å²) >= 11 is 0. The first-order chi connectivity index (χ1) is 7.52. The third-order valence-corrected chi connectivity index (χ3v) is 2.32. The number of rotatable bonds is 6. The number of aliphatic hydroxyl groups is 1. The molecule has 0 amide bonds. The minimum atomic E-state index is -0.972. The van der Waals surface area contributed by atoms with Crippen LogP contribution in [-0.4, -0.2) is 38.6 Å². The topological polar surface area (TPSA) is 87.4 Å². The molecule has 0 fully saturated rings. The molecule has 6 nitrogen and oxygen atoms in total. The van der Waals surface area contributed by atoms with Crippen LogP contribution in [0.25, 0.3) is 0 Å². The zero-order valence-corrected chi connectivity index (χ0v) is 9.47. The van der Waals surface area contributed by atoms with Gasteiger partial charge in [0, 0.05) is 13.6 Å². The van der Waals surface area contributed by atoms with Crippen molar-refractivity contribution in [2.45, 2.75) is 26.0 Å². The first kappa shape index (κ1) is 12.7. The predicted octanol–water partition coefficient (Wildman–Crippen LogP) is -0.0212. The van der Waals surface area contributed by atoms with E-state index >= 15 is 0 Å². The molecule has 0 aliphatic rings. The van der Waals surface area contributed by atoms with Gasteiger partial charge in [-0.05, 0) is 19.9 Å². The second-order valence-corrected chi connectivity index (χ2v) is 3.75. The first-order valence-electron chi connectivity index (χ1n) is 5.15. The van der Waals surface area contributed by atoms with Gasteiger partial charge in [0.1, 0.15) is 5.56 Å². The van der Waals surface area contributed by atoms with Crippen molar-refractivity contribution >= 4 is 5.97 Å². The summed E-state index contributed by atoms with van der Waals surface area (Å²) in [6, 6.07) is 0. The molecule has 3 N–H and O–H groups in total. The van der Waals surface area contributed by atoms with Crippen LogP contribution < -0.4 is 5.32 Å². The third kappa shape index (κ3) is 3.32. The highest BCUT2D eigenvalue weighted by molar-refractivity contribution is 5.88. The molecule has 0 saturated heterocycles. The highest BCUT2D eigenvalue weighted by Crippen LogP contribution is 2.06. The molecule has 1 heterocycles. The van der Waals surface area contributed by atoms with Crippen LogP contribution in [0.15, 0.2) is 6.20 Å². The predicted molar refractivity (Wildman–Crippen MR) is 58.2 cm³/mol. The van der Waals surface area contributed by atoms with Crippen LogP contribution in [0.3, 0.4) is 0 Å². The summed E-state index contributed by atoms with van der Waals surface area (Å²) in [4.78, 5) is 10.9. The average Bonchev–Trinajstić information content (AvgIpc) is 2.54. The SMILES string of the molecule is CC(O)CCNCc1c(C(=O)O)cnn1C. The number of aromatic nitrogens is 2. The van der Waals surface area contributed by atoms with Crippen LogP contribution in [0.2, 0.25) is 0 Å². The molecule has 6 heteroatoms. The largest absolute Gasteiger partial charge is 0.478 e. The normalized spacial score (nSPS) is 12.7. The summed E-state index contributed by atoms with van der Waals surface area (Å²) < 4.78 is 1.54. The molecule has 90 valence electrons. The summed E-state index contributed by atoms with van der Waals surface area (Å²) in [5.74, 6) is -0.972.